The number of nitrogens with zero attached hydrogens (tertiary/aromatic N) is 1. The Kier molecular flexibility index (Phi) is 8.03. The maximum absolute atomic E-state index is 9.69. The molecule has 0 aromatic heterocycles. The number of hydrogen-bond donors (Lipinski definition) is 2. The first-order valence-corrected chi connectivity index (χ1v) is 8.26. The van der Waals surface area contributed by atoms with Crippen LogP contribution in [0.1, 0.15) is 53.4 Å². The summed E-state index contributed by atoms with van der Waals surface area (Å²) in [4.78, 5) is 2.48. The van der Waals surface area contributed by atoms with E-state index in [0.29, 0.717) is 12.1 Å². The van der Waals surface area contributed by atoms with Crippen LogP contribution in [0.25, 0.3) is 0 Å². The van der Waals surface area contributed by atoms with E-state index in [2.05, 4.69) is 37.9 Å². The number of rotatable bonds is 10. The van der Waals surface area contributed by atoms with E-state index in [1.165, 1.54) is 12.8 Å². The van der Waals surface area contributed by atoms with Crippen LogP contribution in [0, 0.1) is 0 Å². The summed E-state index contributed by atoms with van der Waals surface area (Å²) in [6, 6.07) is 0.450. The molecule has 0 aromatic rings. The highest BCUT2D eigenvalue weighted by Crippen LogP contribution is 2.19. The molecule has 3 atom stereocenters. The predicted octanol–water partition coefficient (Wildman–Crippen LogP) is 2.02. The second-order valence-corrected chi connectivity index (χ2v) is 6.42. The Morgan fingerprint density at radius 1 is 1.45 bits per heavy atom. The molecular formula is C16H34N2O2. The van der Waals surface area contributed by atoms with Crippen LogP contribution in [0.3, 0.4) is 0 Å². The van der Waals surface area contributed by atoms with Gasteiger partial charge < -0.3 is 15.2 Å². The Hall–Kier alpha value is -0.160. The molecule has 1 fully saturated rings. The quantitative estimate of drug-likeness (QED) is 0.645. The van der Waals surface area contributed by atoms with Crippen LogP contribution in [0.2, 0.25) is 0 Å². The first kappa shape index (κ1) is 17.9. The van der Waals surface area contributed by atoms with Crippen LogP contribution in [-0.4, -0.2) is 60.5 Å². The average Bonchev–Trinajstić information content (AvgIpc) is 2.95. The molecule has 1 rings (SSSR count). The summed E-state index contributed by atoms with van der Waals surface area (Å²) < 4.78 is 5.75. The summed E-state index contributed by atoms with van der Waals surface area (Å²) >= 11 is 0. The standard InChI is InChI=1S/C16H34N2O2/c1-5-9-17-16(4,13-19)11-14(3)18(6-2)12-15-8-7-10-20-15/h14-15,17,19H,5-13H2,1-4H3. The van der Waals surface area contributed by atoms with Crippen molar-refractivity contribution in [1.82, 2.24) is 10.2 Å². The van der Waals surface area contributed by atoms with Gasteiger partial charge in [0.2, 0.25) is 0 Å². The Morgan fingerprint density at radius 3 is 2.70 bits per heavy atom. The number of ether oxygens (including phenoxy) is 1. The number of likely N-dealkylation sites (N-methyl/N-ethyl adjacent to an activating group) is 1. The lowest BCUT2D eigenvalue weighted by Crippen LogP contribution is -2.51. The van der Waals surface area contributed by atoms with E-state index in [1.807, 2.05) is 0 Å². The van der Waals surface area contributed by atoms with Crippen LogP contribution in [0.5, 0.6) is 0 Å². The van der Waals surface area contributed by atoms with Crippen molar-refractivity contribution in [3.63, 3.8) is 0 Å². The summed E-state index contributed by atoms with van der Waals surface area (Å²) in [5, 5.41) is 13.2. The zero-order chi connectivity index (χ0) is 15.0. The van der Waals surface area contributed by atoms with Gasteiger partial charge in [-0.3, -0.25) is 4.90 Å². The fourth-order valence-electron chi connectivity index (χ4n) is 3.07. The first-order chi connectivity index (χ1) is 9.54. The topological polar surface area (TPSA) is 44.7 Å². The third-order valence-electron chi connectivity index (χ3n) is 4.39. The van der Waals surface area contributed by atoms with Gasteiger partial charge in [0.15, 0.2) is 0 Å². The van der Waals surface area contributed by atoms with E-state index < -0.39 is 0 Å². The van der Waals surface area contributed by atoms with Crippen LogP contribution < -0.4 is 5.32 Å². The molecule has 20 heavy (non-hydrogen) atoms. The lowest BCUT2D eigenvalue weighted by molar-refractivity contribution is 0.0494. The monoisotopic (exact) mass is 286 g/mol. The molecule has 120 valence electrons. The lowest BCUT2D eigenvalue weighted by atomic mass is 9.93. The molecule has 0 radical (unpaired) electrons. The van der Waals surface area contributed by atoms with Crippen LogP contribution in [-0.2, 0) is 4.74 Å². The van der Waals surface area contributed by atoms with Crippen LogP contribution in [0.15, 0.2) is 0 Å². The van der Waals surface area contributed by atoms with Gasteiger partial charge in [0.25, 0.3) is 0 Å². The third kappa shape index (κ3) is 5.68. The van der Waals surface area contributed by atoms with Crippen LogP contribution in [0.4, 0.5) is 0 Å². The first-order valence-electron chi connectivity index (χ1n) is 8.26. The Bertz CT molecular complexity index is 257. The van der Waals surface area contributed by atoms with Crippen molar-refractivity contribution in [2.75, 3.05) is 32.8 Å². The molecule has 0 saturated carbocycles. The zero-order valence-corrected chi connectivity index (χ0v) is 13.8. The minimum Gasteiger partial charge on any atom is -0.394 e. The summed E-state index contributed by atoms with van der Waals surface area (Å²) in [7, 11) is 0. The maximum atomic E-state index is 9.69. The van der Waals surface area contributed by atoms with E-state index >= 15 is 0 Å². The molecular weight excluding hydrogens is 252 g/mol. The van der Waals surface area contributed by atoms with E-state index in [-0.39, 0.29) is 12.1 Å². The molecule has 0 aliphatic carbocycles. The summed E-state index contributed by atoms with van der Waals surface area (Å²) in [5.41, 5.74) is -0.181. The summed E-state index contributed by atoms with van der Waals surface area (Å²) in [6.45, 7) is 12.9. The highest BCUT2D eigenvalue weighted by Gasteiger charge is 2.29. The number of hydrogen-bond acceptors (Lipinski definition) is 4. The molecule has 3 unspecified atom stereocenters. The Morgan fingerprint density at radius 2 is 2.20 bits per heavy atom. The molecule has 4 nitrogen and oxygen atoms in total. The van der Waals surface area contributed by atoms with Crippen molar-refractivity contribution in [3.05, 3.63) is 0 Å². The number of nitrogens with one attached hydrogen (secondary N) is 1. The van der Waals surface area contributed by atoms with Crippen molar-refractivity contribution in [3.8, 4) is 0 Å². The molecule has 0 spiro atoms. The van der Waals surface area contributed by atoms with Gasteiger partial charge in [0.1, 0.15) is 0 Å². The summed E-state index contributed by atoms with van der Waals surface area (Å²) in [5.74, 6) is 0. The normalized spacial score (nSPS) is 24.0. The van der Waals surface area contributed by atoms with Gasteiger partial charge >= 0.3 is 0 Å². The largest absolute Gasteiger partial charge is 0.394 e. The molecule has 4 heteroatoms. The molecule has 0 amide bonds. The van der Waals surface area contributed by atoms with E-state index in [0.717, 1.165) is 39.1 Å². The van der Waals surface area contributed by atoms with Gasteiger partial charge in [-0.25, -0.2) is 0 Å². The maximum Gasteiger partial charge on any atom is 0.0702 e. The molecule has 1 aliphatic heterocycles. The fraction of sp³-hybridized carbons (Fsp3) is 1.00. The highest BCUT2D eigenvalue weighted by molar-refractivity contribution is 4.87. The second-order valence-electron chi connectivity index (χ2n) is 6.42. The van der Waals surface area contributed by atoms with Gasteiger partial charge in [0.05, 0.1) is 12.7 Å². The minimum absolute atomic E-state index is 0.181. The molecule has 1 saturated heterocycles. The van der Waals surface area contributed by atoms with Crippen LogP contribution >= 0.6 is 0 Å². The minimum atomic E-state index is -0.181. The SMILES string of the molecule is CCCNC(C)(CO)CC(C)N(CC)CC1CCCO1. The molecule has 1 heterocycles. The van der Waals surface area contributed by atoms with Crippen molar-refractivity contribution in [2.45, 2.75) is 71.1 Å². The predicted molar refractivity (Wildman–Crippen MR) is 84.1 cm³/mol. The molecule has 0 bridgehead atoms. The third-order valence-corrected chi connectivity index (χ3v) is 4.39. The molecule has 0 aromatic carbocycles. The fourth-order valence-corrected chi connectivity index (χ4v) is 3.07. The van der Waals surface area contributed by atoms with Gasteiger partial charge in [0, 0.05) is 24.7 Å². The Labute approximate surface area is 124 Å². The number of aliphatic hydroxyl groups excluding tert-OH is 1. The van der Waals surface area contributed by atoms with E-state index in [9.17, 15) is 5.11 Å². The van der Waals surface area contributed by atoms with E-state index in [4.69, 9.17) is 4.74 Å². The van der Waals surface area contributed by atoms with Gasteiger partial charge in [-0.1, -0.05) is 13.8 Å². The lowest BCUT2D eigenvalue weighted by Gasteiger charge is -2.37. The number of aliphatic hydroxyl groups is 1. The second kappa shape index (κ2) is 8.98. The van der Waals surface area contributed by atoms with Gasteiger partial charge in [-0.15, -0.1) is 0 Å². The zero-order valence-electron chi connectivity index (χ0n) is 13.8. The van der Waals surface area contributed by atoms with Crippen molar-refractivity contribution in [1.29, 1.82) is 0 Å². The van der Waals surface area contributed by atoms with Crippen molar-refractivity contribution < 1.29 is 9.84 Å². The van der Waals surface area contributed by atoms with Gasteiger partial charge in [-0.05, 0) is 52.6 Å². The van der Waals surface area contributed by atoms with Crippen molar-refractivity contribution in [2.24, 2.45) is 0 Å². The average molecular weight is 286 g/mol. The highest BCUT2D eigenvalue weighted by atomic mass is 16.5. The van der Waals surface area contributed by atoms with E-state index in [1.54, 1.807) is 0 Å². The van der Waals surface area contributed by atoms with Crippen molar-refractivity contribution >= 4 is 0 Å². The smallest absolute Gasteiger partial charge is 0.0702 e. The Balaban J connectivity index is 2.48. The summed E-state index contributed by atoms with van der Waals surface area (Å²) in [6.07, 6.45) is 4.85. The molecule has 2 N–H and O–H groups in total. The molecule has 1 aliphatic rings. The van der Waals surface area contributed by atoms with Gasteiger partial charge in [-0.2, -0.15) is 0 Å².